The molecule has 0 rings (SSSR count). The van der Waals surface area contributed by atoms with Gasteiger partial charge in [0.25, 0.3) is 0 Å². The fourth-order valence-electron chi connectivity index (χ4n) is 2.57. The molecule has 0 fully saturated rings. The predicted molar refractivity (Wildman–Crippen MR) is 118 cm³/mol. The molecule has 0 aliphatic carbocycles. The molecule has 0 unspecified atom stereocenters. The molecular formula is C18H32N8O8. The summed E-state index contributed by atoms with van der Waals surface area (Å²) in [5, 5.41) is 27.0. The summed E-state index contributed by atoms with van der Waals surface area (Å²) in [4.78, 5) is 74.1. The number of carboxylic acid groups (broad SMARTS) is 1. The van der Waals surface area contributed by atoms with Crippen molar-refractivity contribution >= 4 is 41.5 Å². The Bertz CT molecular complexity index is 784. The SMILES string of the molecule is CC(=O)N[C@@H](CCCN=C(N)N)C(=O)NCC(=O)N[C@@H](CCC(=O)O)C(=O)N[C@@H](CO)C(N)=O. The molecule has 0 aromatic heterocycles. The highest BCUT2D eigenvalue weighted by molar-refractivity contribution is 5.94. The van der Waals surface area contributed by atoms with Crippen molar-refractivity contribution < 1.29 is 39.0 Å². The molecule has 192 valence electrons. The summed E-state index contributed by atoms with van der Waals surface area (Å²) in [5.41, 5.74) is 15.5. The number of nitrogens with two attached hydrogens (primary N) is 3. The number of guanidine groups is 1. The maximum Gasteiger partial charge on any atom is 0.303 e. The van der Waals surface area contributed by atoms with E-state index in [1.807, 2.05) is 0 Å². The molecule has 16 heteroatoms. The van der Waals surface area contributed by atoms with Crippen LogP contribution >= 0.6 is 0 Å². The van der Waals surface area contributed by atoms with Crippen LogP contribution in [0.4, 0.5) is 0 Å². The van der Waals surface area contributed by atoms with E-state index in [1.165, 1.54) is 6.92 Å². The first kappa shape index (κ1) is 30.1. The fraction of sp³-hybridized carbons (Fsp3) is 0.611. The van der Waals surface area contributed by atoms with Crippen LogP contribution < -0.4 is 38.5 Å². The minimum atomic E-state index is -1.44. The minimum Gasteiger partial charge on any atom is -0.481 e. The van der Waals surface area contributed by atoms with E-state index in [2.05, 4.69) is 26.3 Å². The van der Waals surface area contributed by atoms with Gasteiger partial charge in [-0.15, -0.1) is 0 Å². The Balaban J connectivity index is 5.02. The van der Waals surface area contributed by atoms with E-state index >= 15 is 0 Å². The van der Waals surface area contributed by atoms with Crippen molar-refractivity contribution in [3.8, 4) is 0 Å². The van der Waals surface area contributed by atoms with Gasteiger partial charge in [-0.3, -0.25) is 33.8 Å². The Morgan fingerprint density at radius 3 is 2.00 bits per heavy atom. The highest BCUT2D eigenvalue weighted by atomic mass is 16.4. The van der Waals surface area contributed by atoms with Crippen molar-refractivity contribution in [3.05, 3.63) is 0 Å². The van der Waals surface area contributed by atoms with Gasteiger partial charge in [-0.05, 0) is 19.3 Å². The van der Waals surface area contributed by atoms with Crippen LogP contribution in [-0.4, -0.2) is 89.5 Å². The molecule has 0 aromatic carbocycles. The summed E-state index contributed by atoms with van der Waals surface area (Å²) in [6.45, 7) is 0.0243. The number of hydrogen-bond donors (Lipinski definition) is 9. The minimum absolute atomic E-state index is 0.125. The third-order valence-corrected chi connectivity index (χ3v) is 4.20. The molecule has 12 N–H and O–H groups in total. The van der Waals surface area contributed by atoms with Gasteiger partial charge in [0.05, 0.1) is 13.2 Å². The molecule has 0 aromatic rings. The van der Waals surface area contributed by atoms with Gasteiger partial charge in [-0.25, -0.2) is 0 Å². The molecule has 16 nitrogen and oxygen atoms in total. The number of carbonyl (C=O) groups excluding carboxylic acids is 5. The summed E-state index contributed by atoms with van der Waals surface area (Å²) in [7, 11) is 0. The maximum absolute atomic E-state index is 12.4. The normalized spacial score (nSPS) is 12.9. The summed E-state index contributed by atoms with van der Waals surface area (Å²) in [5.74, 6) is -5.36. The number of aliphatic hydroxyl groups excluding tert-OH is 1. The topological polar surface area (TPSA) is 281 Å². The van der Waals surface area contributed by atoms with Gasteiger partial charge in [0, 0.05) is 19.9 Å². The number of carbonyl (C=O) groups is 6. The van der Waals surface area contributed by atoms with E-state index in [0.29, 0.717) is 6.42 Å². The number of primary amides is 1. The first-order valence-electron chi connectivity index (χ1n) is 10.2. The van der Waals surface area contributed by atoms with E-state index < -0.39 is 73.2 Å². The lowest BCUT2D eigenvalue weighted by Gasteiger charge is -2.21. The Hall–Kier alpha value is -3.95. The largest absolute Gasteiger partial charge is 0.481 e. The van der Waals surface area contributed by atoms with E-state index in [-0.39, 0.29) is 25.3 Å². The van der Waals surface area contributed by atoms with Gasteiger partial charge in [-0.1, -0.05) is 0 Å². The molecule has 0 bridgehead atoms. The second-order valence-electron chi connectivity index (χ2n) is 7.12. The lowest BCUT2D eigenvalue weighted by Crippen LogP contribution is -2.55. The maximum atomic E-state index is 12.4. The zero-order valence-electron chi connectivity index (χ0n) is 18.7. The lowest BCUT2D eigenvalue weighted by molar-refractivity contribution is -0.138. The van der Waals surface area contributed by atoms with E-state index in [9.17, 15) is 28.8 Å². The number of aliphatic hydroxyl groups is 1. The smallest absolute Gasteiger partial charge is 0.303 e. The van der Waals surface area contributed by atoms with Crippen molar-refractivity contribution in [2.45, 2.75) is 50.7 Å². The lowest BCUT2D eigenvalue weighted by atomic mass is 10.1. The molecule has 0 spiro atoms. The van der Waals surface area contributed by atoms with Gasteiger partial charge in [0.2, 0.25) is 29.5 Å². The van der Waals surface area contributed by atoms with E-state index in [4.69, 9.17) is 27.4 Å². The molecule has 34 heavy (non-hydrogen) atoms. The highest BCUT2D eigenvalue weighted by Crippen LogP contribution is 2.01. The highest BCUT2D eigenvalue weighted by Gasteiger charge is 2.26. The Morgan fingerprint density at radius 1 is 0.882 bits per heavy atom. The van der Waals surface area contributed by atoms with Crippen molar-refractivity contribution in [2.24, 2.45) is 22.2 Å². The Labute approximate surface area is 195 Å². The number of nitrogens with zero attached hydrogens (tertiary/aromatic N) is 1. The first-order chi connectivity index (χ1) is 15.9. The summed E-state index contributed by atoms with van der Waals surface area (Å²) < 4.78 is 0. The van der Waals surface area contributed by atoms with Gasteiger partial charge in [-0.2, -0.15) is 0 Å². The van der Waals surface area contributed by atoms with Crippen molar-refractivity contribution in [1.82, 2.24) is 21.3 Å². The zero-order chi connectivity index (χ0) is 26.3. The summed E-state index contributed by atoms with van der Waals surface area (Å²) >= 11 is 0. The van der Waals surface area contributed by atoms with E-state index in [0.717, 1.165) is 0 Å². The molecule has 0 radical (unpaired) electrons. The average molecular weight is 489 g/mol. The third-order valence-electron chi connectivity index (χ3n) is 4.20. The number of nitrogens with one attached hydrogen (secondary N) is 4. The number of aliphatic carboxylic acids is 1. The number of aliphatic imine (C=N–C) groups is 1. The van der Waals surface area contributed by atoms with Gasteiger partial charge < -0.3 is 48.7 Å². The number of amides is 5. The first-order valence-corrected chi connectivity index (χ1v) is 10.2. The number of rotatable bonds is 16. The summed E-state index contributed by atoms with van der Waals surface area (Å²) in [6, 6.07) is -3.81. The van der Waals surface area contributed by atoms with Crippen LogP contribution in [0.1, 0.15) is 32.6 Å². The Kier molecular flexibility index (Phi) is 14.0. The molecule has 0 saturated heterocycles. The van der Waals surface area contributed by atoms with Crippen LogP contribution in [0.15, 0.2) is 4.99 Å². The van der Waals surface area contributed by atoms with Crippen molar-refractivity contribution in [1.29, 1.82) is 0 Å². The van der Waals surface area contributed by atoms with Crippen LogP contribution in [0.5, 0.6) is 0 Å². The fourth-order valence-corrected chi connectivity index (χ4v) is 2.57. The van der Waals surface area contributed by atoms with Gasteiger partial charge in [0.1, 0.15) is 18.1 Å². The van der Waals surface area contributed by atoms with Crippen molar-refractivity contribution in [2.75, 3.05) is 19.7 Å². The van der Waals surface area contributed by atoms with Crippen LogP contribution in [0.25, 0.3) is 0 Å². The molecule has 0 aliphatic heterocycles. The van der Waals surface area contributed by atoms with Crippen LogP contribution in [0.3, 0.4) is 0 Å². The van der Waals surface area contributed by atoms with Crippen LogP contribution in [0, 0.1) is 0 Å². The van der Waals surface area contributed by atoms with Crippen molar-refractivity contribution in [3.63, 3.8) is 0 Å². The molecule has 0 aliphatic rings. The molecule has 5 amide bonds. The van der Waals surface area contributed by atoms with Crippen LogP contribution in [0.2, 0.25) is 0 Å². The zero-order valence-corrected chi connectivity index (χ0v) is 18.7. The van der Waals surface area contributed by atoms with E-state index in [1.54, 1.807) is 0 Å². The Morgan fingerprint density at radius 2 is 1.50 bits per heavy atom. The molecule has 3 atom stereocenters. The second-order valence-corrected chi connectivity index (χ2v) is 7.12. The van der Waals surface area contributed by atoms with Gasteiger partial charge >= 0.3 is 5.97 Å². The monoisotopic (exact) mass is 488 g/mol. The number of hydrogen-bond acceptors (Lipinski definition) is 8. The average Bonchev–Trinajstić information content (AvgIpc) is 2.74. The summed E-state index contributed by atoms with van der Waals surface area (Å²) in [6.07, 6.45) is -0.308. The molecular weight excluding hydrogens is 456 g/mol. The molecule has 0 saturated carbocycles. The standard InChI is InChI=1S/C18H32N8O8/c1-9(28)24-10(3-2-6-22-18(20)21)16(33)23-7-13(29)25-11(4-5-14(30)31)17(34)26-12(8-27)15(19)32/h10-12,27H,2-8H2,1H3,(H2,19,32)(H,23,33)(H,24,28)(H,25,29)(H,26,34)(H,30,31)(H4,20,21,22)/t10-,11-,12-/m0/s1. The third kappa shape index (κ3) is 13.5. The molecule has 0 heterocycles. The second kappa shape index (κ2) is 15.8. The predicted octanol–water partition coefficient (Wildman–Crippen LogP) is -5.03. The number of carboxylic acids is 1. The van der Waals surface area contributed by atoms with Crippen LogP contribution in [-0.2, 0) is 28.8 Å². The quantitative estimate of drug-likeness (QED) is 0.0566. The van der Waals surface area contributed by atoms with Gasteiger partial charge in [0.15, 0.2) is 5.96 Å².